The third-order valence-electron chi connectivity index (χ3n) is 3.23. The lowest BCUT2D eigenvalue weighted by Gasteiger charge is -2.40. The first-order chi connectivity index (χ1) is 4.62. The fourth-order valence-corrected chi connectivity index (χ4v) is 2.14. The molecule has 0 amide bonds. The largest absolute Gasteiger partial charge is 0.325 e. The Hall–Kier alpha value is -0.0400. The van der Waals surface area contributed by atoms with E-state index in [1.807, 2.05) is 0 Å². The van der Waals surface area contributed by atoms with Gasteiger partial charge in [0.25, 0.3) is 0 Å². The molecule has 2 rings (SSSR count). The lowest BCUT2D eigenvalue weighted by Crippen LogP contribution is -2.35. The van der Waals surface area contributed by atoms with E-state index in [2.05, 4.69) is 6.92 Å². The van der Waals surface area contributed by atoms with Crippen molar-refractivity contribution in [2.75, 3.05) is 0 Å². The zero-order chi connectivity index (χ0) is 7.24. The molecule has 0 unspecified atom stereocenters. The number of rotatable bonds is 2. The minimum absolute atomic E-state index is 0.287. The predicted octanol–water partition coefficient (Wildman–Crippen LogP) is 2.06. The van der Waals surface area contributed by atoms with Gasteiger partial charge in [0.15, 0.2) is 0 Å². The summed E-state index contributed by atoms with van der Waals surface area (Å²) in [6, 6.07) is 0. The van der Waals surface area contributed by atoms with Gasteiger partial charge >= 0.3 is 0 Å². The molecule has 2 fully saturated rings. The van der Waals surface area contributed by atoms with Crippen LogP contribution in [-0.2, 0) is 0 Å². The zero-order valence-corrected chi connectivity index (χ0v) is 6.82. The highest BCUT2D eigenvalue weighted by atomic mass is 14.8. The summed E-state index contributed by atoms with van der Waals surface area (Å²) in [5.74, 6) is 0. The molecule has 2 N–H and O–H groups in total. The Bertz CT molecular complexity index is 143. The van der Waals surface area contributed by atoms with Gasteiger partial charge < -0.3 is 5.73 Å². The maximum Gasteiger partial charge on any atom is 0.0160 e. The monoisotopic (exact) mass is 139 g/mol. The maximum absolute atomic E-state index is 6.04. The van der Waals surface area contributed by atoms with Crippen LogP contribution in [0.25, 0.3) is 0 Å². The van der Waals surface area contributed by atoms with E-state index in [0.717, 1.165) is 0 Å². The third-order valence-corrected chi connectivity index (χ3v) is 3.23. The van der Waals surface area contributed by atoms with E-state index in [9.17, 15) is 0 Å². The Morgan fingerprint density at radius 3 is 2.10 bits per heavy atom. The minimum Gasteiger partial charge on any atom is -0.325 e. The molecule has 2 saturated carbocycles. The van der Waals surface area contributed by atoms with Crippen molar-refractivity contribution in [2.45, 2.75) is 51.0 Å². The minimum atomic E-state index is 0.287. The van der Waals surface area contributed by atoms with Gasteiger partial charge in [-0.05, 0) is 37.5 Å². The van der Waals surface area contributed by atoms with Crippen molar-refractivity contribution in [3.63, 3.8) is 0 Å². The van der Waals surface area contributed by atoms with Crippen LogP contribution in [0.15, 0.2) is 0 Å². The van der Waals surface area contributed by atoms with Crippen molar-refractivity contribution in [3.8, 4) is 0 Å². The van der Waals surface area contributed by atoms with Gasteiger partial charge in [-0.2, -0.15) is 0 Å². The van der Waals surface area contributed by atoms with Crippen molar-refractivity contribution in [1.29, 1.82) is 0 Å². The summed E-state index contributed by atoms with van der Waals surface area (Å²) >= 11 is 0. The number of nitrogens with two attached hydrogens (primary N) is 1. The van der Waals surface area contributed by atoms with Crippen molar-refractivity contribution in [1.82, 2.24) is 0 Å². The van der Waals surface area contributed by atoms with Crippen molar-refractivity contribution in [2.24, 2.45) is 11.1 Å². The standard InChI is InChI=1S/C9H17N/c1-8(3-2-4-8)7-9(10)5-6-9/h2-7,10H2,1H3. The molecule has 2 aliphatic carbocycles. The smallest absolute Gasteiger partial charge is 0.0160 e. The van der Waals surface area contributed by atoms with E-state index < -0.39 is 0 Å². The molecule has 0 aromatic heterocycles. The Labute approximate surface area is 63.0 Å². The van der Waals surface area contributed by atoms with Gasteiger partial charge in [-0.3, -0.25) is 0 Å². The van der Waals surface area contributed by atoms with Crippen molar-refractivity contribution < 1.29 is 0 Å². The second-order valence-corrected chi connectivity index (χ2v) is 4.70. The summed E-state index contributed by atoms with van der Waals surface area (Å²) < 4.78 is 0. The summed E-state index contributed by atoms with van der Waals surface area (Å²) in [7, 11) is 0. The molecule has 1 heteroatoms. The molecule has 0 aromatic rings. The van der Waals surface area contributed by atoms with E-state index in [-0.39, 0.29) is 5.54 Å². The Balaban J connectivity index is 1.89. The first-order valence-corrected chi connectivity index (χ1v) is 4.41. The molecule has 0 bridgehead atoms. The molecule has 0 radical (unpaired) electrons. The van der Waals surface area contributed by atoms with E-state index >= 15 is 0 Å². The second-order valence-electron chi connectivity index (χ2n) is 4.70. The molecular weight excluding hydrogens is 122 g/mol. The molecule has 0 aromatic carbocycles. The van der Waals surface area contributed by atoms with E-state index in [1.165, 1.54) is 38.5 Å². The Morgan fingerprint density at radius 2 is 1.80 bits per heavy atom. The fourth-order valence-electron chi connectivity index (χ4n) is 2.14. The van der Waals surface area contributed by atoms with Crippen LogP contribution in [0.5, 0.6) is 0 Å². The molecule has 0 heterocycles. The summed E-state index contributed by atoms with van der Waals surface area (Å²) in [4.78, 5) is 0. The van der Waals surface area contributed by atoms with Gasteiger partial charge in [0, 0.05) is 5.54 Å². The van der Waals surface area contributed by atoms with Crippen LogP contribution in [0.2, 0.25) is 0 Å². The van der Waals surface area contributed by atoms with Crippen LogP contribution in [0, 0.1) is 5.41 Å². The average molecular weight is 139 g/mol. The molecule has 0 spiro atoms. The lowest BCUT2D eigenvalue weighted by atomic mass is 9.66. The van der Waals surface area contributed by atoms with Gasteiger partial charge in [-0.15, -0.1) is 0 Å². The van der Waals surface area contributed by atoms with Gasteiger partial charge in [0.2, 0.25) is 0 Å². The van der Waals surface area contributed by atoms with Crippen LogP contribution < -0.4 is 5.73 Å². The molecule has 0 aliphatic heterocycles. The lowest BCUT2D eigenvalue weighted by molar-refractivity contribution is 0.130. The Kier molecular flexibility index (Phi) is 1.17. The molecule has 2 aliphatic rings. The number of hydrogen-bond donors (Lipinski definition) is 1. The van der Waals surface area contributed by atoms with Crippen LogP contribution in [0.1, 0.15) is 45.4 Å². The first-order valence-electron chi connectivity index (χ1n) is 4.41. The van der Waals surface area contributed by atoms with Crippen LogP contribution in [0.4, 0.5) is 0 Å². The maximum atomic E-state index is 6.04. The molecule has 1 nitrogen and oxygen atoms in total. The van der Waals surface area contributed by atoms with E-state index in [0.29, 0.717) is 5.41 Å². The highest BCUT2D eigenvalue weighted by molar-refractivity contribution is 5.04. The van der Waals surface area contributed by atoms with Gasteiger partial charge in [0.05, 0.1) is 0 Å². The molecule has 0 saturated heterocycles. The Morgan fingerprint density at radius 1 is 1.20 bits per heavy atom. The average Bonchev–Trinajstić information content (AvgIpc) is 2.44. The molecule has 10 heavy (non-hydrogen) atoms. The topological polar surface area (TPSA) is 26.0 Å². The van der Waals surface area contributed by atoms with E-state index in [1.54, 1.807) is 0 Å². The highest BCUT2D eigenvalue weighted by Gasteiger charge is 2.46. The van der Waals surface area contributed by atoms with Crippen LogP contribution in [0.3, 0.4) is 0 Å². The normalized spacial score (nSPS) is 33.0. The summed E-state index contributed by atoms with van der Waals surface area (Å²) in [5.41, 5.74) is 6.97. The zero-order valence-electron chi connectivity index (χ0n) is 6.82. The van der Waals surface area contributed by atoms with E-state index in [4.69, 9.17) is 5.73 Å². The number of hydrogen-bond acceptors (Lipinski definition) is 1. The van der Waals surface area contributed by atoms with Gasteiger partial charge in [0.1, 0.15) is 0 Å². The molecule has 0 atom stereocenters. The highest BCUT2D eigenvalue weighted by Crippen LogP contribution is 2.51. The van der Waals surface area contributed by atoms with Crippen molar-refractivity contribution in [3.05, 3.63) is 0 Å². The van der Waals surface area contributed by atoms with Crippen molar-refractivity contribution >= 4 is 0 Å². The van der Waals surface area contributed by atoms with Crippen LogP contribution in [-0.4, -0.2) is 5.54 Å². The summed E-state index contributed by atoms with van der Waals surface area (Å²) in [6.45, 7) is 2.39. The second kappa shape index (κ2) is 1.76. The summed E-state index contributed by atoms with van der Waals surface area (Å²) in [6.07, 6.45) is 8.13. The first kappa shape index (κ1) is 6.66. The SMILES string of the molecule is CC1(CC2(N)CC2)CCC1. The molecular formula is C9H17N. The summed E-state index contributed by atoms with van der Waals surface area (Å²) in [5, 5.41) is 0. The third kappa shape index (κ3) is 1.07. The van der Waals surface area contributed by atoms with Gasteiger partial charge in [-0.1, -0.05) is 13.3 Å². The fraction of sp³-hybridized carbons (Fsp3) is 1.00. The van der Waals surface area contributed by atoms with Crippen LogP contribution >= 0.6 is 0 Å². The predicted molar refractivity (Wildman–Crippen MR) is 42.7 cm³/mol. The molecule has 58 valence electrons. The van der Waals surface area contributed by atoms with Gasteiger partial charge in [-0.25, -0.2) is 0 Å². The quantitative estimate of drug-likeness (QED) is 0.622.